The summed E-state index contributed by atoms with van der Waals surface area (Å²) >= 11 is 1.76. The van der Waals surface area contributed by atoms with Gasteiger partial charge < -0.3 is 5.32 Å². The minimum absolute atomic E-state index is 0.0236. The molecule has 4 rings (SSSR count). The first-order valence-electron chi connectivity index (χ1n) is 9.39. The number of hydrogen-bond donors (Lipinski definition) is 1. The van der Waals surface area contributed by atoms with E-state index in [1.807, 2.05) is 18.2 Å². The Morgan fingerprint density at radius 3 is 2.62 bits per heavy atom. The summed E-state index contributed by atoms with van der Waals surface area (Å²) < 4.78 is 1.68. The quantitative estimate of drug-likeness (QED) is 0.459. The van der Waals surface area contributed by atoms with Gasteiger partial charge in [0.15, 0.2) is 0 Å². The number of carbonyl (C=O) groups is 1. The van der Waals surface area contributed by atoms with E-state index in [1.54, 1.807) is 28.6 Å². The van der Waals surface area contributed by atoms with E-state index < -0.39 is 4.92 Å². The van der Waals surface area contributed by atoms with E-state index in [1.165, 1.54) is 17.7 Å². The molecule has 29 heavy (non-hydrogen) atoms. The van der Waals surface area contributed by atoms with Crippen molar-refractivity contribution in [1.82, 2.24) is 9.78 Å². The molecule has 1 aliphatic rings. The number of hydrogen-bond acceptors (Lipinski definition) is 5. The monoisotopic (exact) mass is 408 g/mol. The smallest absolute Gasteiger partial charge is 0.269 e. The molecule has 1 amide bonds. The van der Waals surface area contributed by atoms with Gasteiger partial charge in [0.2, 0.25) is 5.91 Å². The Bertz CT molecular complexity index is 1030. The fraction of sp³-hybridized carbons (Fsp3) is 0.238. The zero-order valence-corrected chi connectivity index (χ0v) is 16.5. The second-order valence-corrected chi connectivity index (χ2v) is 7.82. The average Bonchev–Trinajstić information content (AvgIpc) is 3.31. The van der Waals surface area contributed by atoms with Crippen LogP contribution >= 0.6 is 11.8 Å². The first-order chi connectivity index (χ1) is 14.1. The van der Waals surface area contributed by atoms with Crippen LogP contribution in [-0.2, 0) is 22.7 Å². The molecule has 1 aliphatic heterocycles. The molecule has 0 atom stereocenters. The Morgan fingerprint density at radius 1 is 1.14 bits per heavy atom. The maximum absolute atomic E-state index is 12.6. The fourth-order valence-electron chi connectivity index (χ4n) is 3.34. The SMILES string of the molecule is O=C(CCCc1ccccc1)Nc1c2c(nn1-c1ccc([N+](=O)[O-])cc1)CSC2. The van der Waals surface area contributed by atoms with Gasteiger partial charge in [0, 0.05) is 35.6 Å². The first-order valence-corrected chi connectivity index (χ1v) is 10.5. The second-order valence-electron chi connectivity index (χ2n) is 6.84. The van der Waals surface area contributed by atoms with Gasteiger partial charge in [-0.15, -0.1) is 0 Å². The Labute approximate surface area is 172 Å². The van der Waals surface area contributed by atoms with Gasteiger partial charge in [-0.05, 0) is 30.5 Å². The van der Waals surface area contributed by atoms with E-state index in [9.17, 15) is 14.9 Å². The molecule has 0 radical (unpaired) electrons. The van der Waals surface area contributed by atoms with Crippen molar-refractivity contribution in [2.24, 2.45) is 0 Å². The number of fused-ring (bicyclic) bond motifs is 1. The van der Waals surface area contributed by atoms with Gasteiger partial charge in [0.1, 0.15) is 5.82 Å². The maximum atomic E-state index is 12.6. The van der Waals surface area contributed by atoms with Crippen LogP contribution in [0.1, 0.15) is 29.7 Å². The first kappa shape index (κ1) is 19.2. The van der Waals surface area contributed by atoms with E-state index in [0.29, 0.717) is 17.9 Å². The summed E-state index contributed by atoms with van der Waals surface area (Å²) in [5.41, 5.74) is 3.91. The number of amides is 1. The number of thioether (sulfide) groups is 1. The van der Waals surface area contributed by atoms with E-state index in [4.69, 9.17) is 0 Å². The standard InChI is InChI=1S/C21H20N4O3S/c26-20(8-4-7-15-5-2-1-3-6-15)22-21-18-13-29-14-19(18)23-24(21)16-9-11-17(12-10-16)25(27)28/h1-3,5-6,9-12H,4,7-8,13-14H2,(H,22,26). The lowest BCUT2D eigenvalue weighted by Crippen LogP contribution is -2.16. The molecule has 0 spiro atoms. The normalized spacial score (nSPS) is 12.6. The van der Waals surface area contributed by atoms with E-state index in [2.05, 4.69) is 22.5 Å². The number of benzene rings is 2. The van der Waals surface area contributed by atoms with Gasteiger partial charge in [-0.25, -0.2) is 4.68 Å². The van der Waals surface area contributed by atoms with Crippen LogP contribution in [0.15, 0.2) is 54.6 Å². The Balaban J connectivity index is 1.49. The largest absolute Gasteiger partial charge is 0.310 e. The molecular formula is C21H20N4O3S. The number of carbonyl (C=O) groups excluding carboxylic acids is 1. The highest BCUT2D eigenvalue weighted by atomic mass is 32.2. The van der Waals surface area contributed by atoms with E-state index in [0.717, 1.165) is 35.6 Å². The number of aromatic nitrogens is 2. The van der Waals surface area contributed by atoms with Gasteiger partial charge in [0.25, 0.3) is 5.69 Å². The third kappa shape index (κ3) is 4.32. The lowest BCUT2D eigenvalue weighted by Gasteiger charge is -2.11. The van der Waals surface area contributed by atoms with Crippen LogP contribution in [0.3, 0.4) is 0 Å². The van der Waals surface area contributed by atoms with Crippen LogP contribution in [0.4, 0.5) is 11.5 Å². The predicted octanol–water partition coefficient (Wildman–Crippen LogP) is 4.49. The van der Waals surface area contributed by atoms with Crippen LogP contribution < -0.4 is 5.32 Å². The summed E-state index contributed by atoms with van der Waals surface area (Å²) in [7, 11) is 0. The van der Waals surface area contributed by atoms with Crippen molar-refractivity contribution in [2.75, 3.05) is 5.32 Å². The van der Waals surface area contributed by atoms with Crippen molar-refractivity contribution in [1.29, 1.82) is 0 Å². The number of aryl methyl sites for hydroxylation is 1. The van der Waals surface area contributed by atoms with E-state index >= 15 is 0 Å². The number of nitro groups is 1. The predicted molar refractivity (Wildman–Crippen MR) is 113 cm³/mol. The molecule has 2 aromatic carbocycles. The molecule has 148 valence electrons. The Hall–Kier alpha value is -3.13. The third-order valence-corrected chi connectivity index (χ3v) is 5.80. The van der Waals surface area contributed by atoms with Gasteiger partial charge in [-0.1, -0.05) is 30.3 Å². The molecule has 1 aromatic heterocycles. The zero-order chi connectivity index (χ0) is 20.2. The summed E-state index contributed by atoms with van der Waals surface area (Å²) in [6.45, 7) is 0. The molecule has 2 heterocycles. The van der Waals surface area contributed by atoms with Crippen molar-refractivity contribution in [2.45, 2.75) is 30.8 Å². The molecule has 1 N–H and O–H groups in total. The van der Waals surface area contributed by atoms with Crippen molar-refractivity contribution >= 4 is 29.2 Å². The highest BCUT2D eigenvalue weighted by Gasteiger charge is 2.24. The van der Waals surface area contributed by atoms with Gasteiger partial charge in [0.05, 0.1) is 16.3 Å². The number of non-ortho nitro benzene ring substituents is 1. The van der Waals surface area contributed by atoms with Crippen LogP contribution in [0.25, 0.3) is 5.69 Å². The number of nitrogens with one attached hydrogen (secondary N) is 1. The molecule has 0 bridgehead atoms. The zero-order valence-electron chi connectivity index (χ0n) is 15.7. The average molecular weight is 408 g/mol. The molecule has 8 heteroatoms. The fourth-order valence-corrected chi connectivity index (χ4v) is 4.37. The molecular weight excluding hydrogens is 388 g/mol. The summed E-state index contributed by atoms with van der Waals surface area (Å²) in [6.07, 6.45) is 2.03. The topological polar surface area (TPSA) is 90.1 Å². The highest BCUT2D eigenvalue weighted by Crippen LogP contribution is 2.36. The molecule has 3 aromatic rings. The Kier molecular flexibility index (Phi) is 5.62. The second kappa shape index (κ2) is 8.48. The number of nitrogens with zero attached hydrogens (tertiary/aromatic N) is 3. The van der Waals surface area contributed by atoms with Gasteiger partial charge in [-0.2, -0.15) is 16.9 Å². The molecule has 0 aliphatic carbocycles. The molecule has 0 fully saturated rings. The lowest BCUT2D eigenvalue weighted by atomic mass is 10.1. The maximum Gasteiger partial charge on any atom is 0.269 e. The van der Waals surface area contributed by atoms with Crippen LogP contribution in [0.2, 0.25) is 0 Å². The van der Waals surface area contributed by atoms with Crippen molar-refractivity contribution in [3.05, 3.63) is 81.5 Å². The summed E-state index contributed by atoms with van der Waals surface area (Å²) in [4.78, 5) is 23.0. The van der Waals surface area contributed by atoms with Crippen LogP contribution in [0, 0.1) is 10.1 Å². The minimum atomic E-state index is -0.432. The van der Waals surface area contributed by atoms with Crippen LogP contribution in [-0.4, -0.2) is 20.6 Å². The van der Waals surface area contributed by atoms with Gasteiger partial charge >= 0.3 is 0 Å². The third-order valence-electron chi connectivity index (χ3n) is 4.83. The number of anilines is 1. The molecule has 0 saturated heterocycles. The van der Waals surface area contributed by atoms with Crippen LogP contribution in [0.5, 0.6) is 0 Å². The lowest BCUT2D eigenvalue weighted by molar-refractivity contribution is -0.384. The number of nitro benzene ring substituents is 1. The Morgan fingerprint density at radius 2 is 1.90 bits per heavy atom. The summed E-state index contributed by atoms with van der Waals surface area (Å²) in [5, 5.41) is 18.6. The van der Waals surface area contributed by atoms with Crippen molar-refractivity contribution in [3.63, 3.8) is 0 Å². The molecule has 7 nitrogen and oxygen atoms in total. The van der Waals surface area contributed by atoms with Crippen molar-refractivity contribution in [3.8, 4) is 5.69 Å². The minimum Gasteiger partial charge on any atom is -0.310 e. The summed E-state index contributed by atoms with van der Waals surface area (Å²) in [5.74, 6) is 2.21. The summed E-state index contributed by atoms with van der Waals surface area (Å²) in [6, 6.07) is 16.3. The van der Waals surface area contributed by atoms with Gasteiger partial charge in [-0.3, -0.25) is 14.9 Å². The van der Waals surface area contributed by atoms with Crippen molar-refractivity contribution < 1.29 is 9.72 Å². The number of rotatable bonds is 7. The highest BCUT2D eigenvalue weighted by molar-refractivity contribution is 7.98. The molecule has 0 saturated carbocycles. The molecule has 0 unspecified atom stereocenters. The van der Waals surface area contributed by atoms with E-state index in [-0.39, 0.29) is 11.6 Å².